The third-order valence-corrected chi connectivity index (χ3v) is 3.94. The predicted molar refractivity (Wildman–Crippen MR) is 103 cm³/mol. The van der Waals surface area contributed by atoms with Crippen LogP contribution in [0.2, 0.25) is 5.02 Å². The Morgan fingerprint density at radius 3 is 2.74 bits per heavy atom. The van der Waals surface area contributed by atoms with Crippen molar-refractivity contribution in [1.29, 1.82) is 0 Å². The van der Waals surface area contributed by atoms with Crippen LogP contribution in [-0.2, 0) is 9.59 Å². The maximum absolute atomic E-state index is 12.2. The number of nitrogens with one attached hydrogen (secondary N) is 2. The Hall–Kier alpha value is -3.19. The molecule has 0 radical (unpaired) electrons. The van der Waals surface area contributed by atoms with Gasteiger partial charge in [-0.1, -0.05) is 11.6 Å². The smallest absolute Gasteiger partial charge is 0.248 e. The minimum Gasteiger partial charge on any atom is -0.495 e. The topological polar surface area (TPSA) is 85.9 Å². The molecule has 0 aromatic heterocycles. The molecule has 27 heavy (non-hydrogen) atoms. The van der Waals surface area contributed by atoms with Crippen LogP contribution in [0, 0.1) is 0 Å². The van der Waals surface area contributed by atoms with Gasteiger partial charge in [0, 0.05) is 18.7 Å². The van der Waals surface area contributed by atoms with Crippen molar-refractivity contribution in [3.8, 4) is 17.2 Å². The molecule has 0 unspecified atom stereocenters. The van der Waals surface area contributed by atoms with Gasteiger partial charge in [0.15, 0.2) is 11.5 Å². The van der Waals surface area contributed by atoms with Gasteiger partial charge in [0.1, 0.15) is 5.75 Å². The zero-order valence-electron chi connectivity index (χ0n) is 14.7. The van der Waals surface area contributed by atoms with Gasteiger partial charge in [0.05, 0.1) is 17.8 Å². The van der Waals surface area contributed by atoms with Crippen molar-refractivity contribution in [2.45, 2.75) is 6.92 Å². The first kappa shape index (κ1) is 18.6. The van der Waals surface area contributed by atoms with E-state index in [1.54, 1.807) is 36.4 Å². The number of anilines is 2. The van der Waals surface area contributed by atoms with Gasteiger partial charge in [-0.05, 0) is 42.0 Å². The van der Waals surface area contributed by atoms with E-state index in [9.17, 15) is 9.59 Å². The third kappa shape index (κ3) is 4.51. The Morgan fingerprint density at radius 1 is 1.19 bits per heavy atom. The lowest BCUT2D eigenvalue weighted by molar-refractivity contribution is -0.114. The Balaban J connectivity index is 1.71. The first-order chi connectivity index (χ1) is 13.0. The molecule has 3 rings (SSSR count). The van der Waals surface area contributed by atoms with Crippen molar-refractivity contribution >= 4 is 40.9 Å². The summed E-state index contributed by atoms with van der Waals surface area (Å²) in [5, 5.41) is 5.79. The highest BCUT2D eigenvalue weighted by Gasteiger charge is 2.17. The second-order valence-electron chi connectivity index (χ2n) is 5.66. The number of amides is 2. The average Bonchev–Trinajstić information content (AvgIpc) is 3.09. The highest BCUT2D eigenvalue weighted by Crippen LogP contribution is 2.40. The summed E-state index contributed by atoms with van der Waals surface area (Å²) in [7, 11) is 1.50. The molecular formula is C19H17ClN2O5. The molecule has 1 aliphatic heterocycles. The summed E-state index contributed by atoms with van der Waals surface area (Å²) in [5.74, 6) is 0.951. The number of halogens is 1. The second kappa shape index (κ2) is 8.01. The maximum Gasteiger partial charge on any atom is 0.248 e. The molecular weight excluding hydrogens is 372 g/mol. The minimum absolute atomic E-state index is 0.122. The summed E-state index contributed by atoms with van der Waals surface area (Å²) in [6, 6.07) is 8.36. The van der Waals surface area contributed by atoms with Crippen molar-refractivity contribution < 1.29 is 23.8 Å². The molecule has 140 valence electrons. The summed E-state index contributed by atoms with van der Waals surface area (Å²) in [6.07, 6.45) is 2.98. The van der Waals surface area contributed by atoms with Gasteiger partial charge in [0.2, 0.25) is 18.6 Å². The molecule has 1 aliphatic rings. The lowest BCUT2D eigenvalue weighted by Crippen LogP contribution is -2.10. The van der Waals surface area contributed by atoms with Gasteiger partial charge in [0.25, 0.3) is 0 Å². The zero-order valence-corrected chi connectivity index (χ0v) is 15.4. The molecule has 2 aromatic rings. The molecule has 0 saturated heterocycles. The fourth-order valence-electron chi connectivity index (χ4n) is 2.51. The second-order valence-corrected chi connectivity index (χ2v) is 6.06. The summed E-state index contributed by atoms with van der Waals surface area (Å²) < 4.78 is 15.7. The summed E-state index contributed by atoms with van der Waals surface area (Å²) >= 11 is 6.12. The summed E-state index contributed by atoms with van der Waals surface area (Å²) in [5.41, 5.74) is 1.68. The van der Waals surface area contributed by atoms with Crippen molar-refractivity contribution in [3.05, 3.63) is 47.0 Å². The molecule has 1 heterocycles. The number of hydrogen-bond donors (Lipinski definition) is 2. The normalized spacial score (nSPS) is 12.1. The number of ether oxygens (including phenoxy) is 3. The molecule has 0 aliphatic carbocycles. The molecule has 0 atom stereocenters. The SMILES string of the molecule is COc1ccc(NC(=O)/C=C/c2cc(Cl)c3c(c2)OCO3)cc1NC(C)=O. The van der Waals surface area contributed by atoms with Crippen molar-refractivity contribution in [2.24, 2.45) is 0 Å². The summed E-state index contributed by atoms with van der Waals surface area (Å²) in [4.78, 5) is 23.5. The first-order valence-corrected chi connectivity index (χ1v) is 8.38. The molecule has 7 nitrogen and oxygen atoms in total. The number of hydrogen-bond acceptors (Lipinski definition) is 5. The van der Waals surface area contributed by atoms with E-state index in [0.717, 1.165) is 0 Å². The van der Waals surface area contributed by atoms with Crippen LogP contribution in [0.25, 0.3) is 6.08 Å². The Kier molecular flexibility index (Phi) is 5.52. The van der Waals surface area contributed by atoms with E-state index >= 15 is 0 Å². The first-order valence-electron chi connectivity index (χ1n) is 8.00. The number of rotatable bonds is 5. The van der Waals surface area contributed by atoms with Crippen LogP contribution in [0.3, 0.4) is 0 Å². The van der Waals surface area contributed by atoms with E-state index < -0.39 is 0 Å². The Morgan fingerprint density at radius 2 is 2.00 bits per heavy atom. The molecule has 0 saturated carbocycles. The summed E-state index contributed by atoms with van der Waals surface area (Å²) in [6.45, 7) is 1.51. The van der Waals surface area contributed by atoms with Gasteiger partial charge in [-0.2, -0.15) is 0 Å². The largest absolute Gasteiger partial charge is 0.495 e. The van der Waals surface area contributed by atoms with E-state index in [4.69, 9.17) is 25.8 Å². The van der Waals surface area contributed by atoms with E-state index in [1.165, 1.54) is 20.1 Å². The Labute approximate surface area is 160 Å². The van der Waals surface area contributed by atoms with Crippen LogP contribution in [0.15, 0.2) is 36.4 Å². The monoisotopic (exact) mass is 388 g/mol. The van der Waals surface area contributed by atoms with Gasteiger partial charge in [-0.15, -0.1) is 0 Å². The van der Waals surface area contributed by atoms with E-state index in [0.29, 0.717) is 39.2 Å². The fourth-order valence-corrected chi connectivity index (χ4v) is 2.79. The van der Waals surface area contributed by atoms with Crippen LogP contribution < -0.4 is 24.8 Å². The maximum atomic E-state index is 12.2. The van der Waals surface area contributed by atoms with Gasteiger partial charge >= 0.3 is 0 Å². The molecule has 0 bridgehead atoms. The van der Waals surface area contributed by atoms with Crippen LogP contribution >= 0.6 is 11.6 Å². The van der Waals surface area contributed by atoms with Gasteiger partial charge < -0.3 is 24.8 Å². The van der Waals surface area contributed by atoms with E-state index in [-0.39, 0.29) is 18.6 Å². The number of benzene rings is 2. The average molecular weight is 389 g/mol. The molecule has 2 N–H and O–H groups in total. The minimum atomic E-state index is -0.345. The molecule has 8 heteroatoms. The fraction of sp³-hybridized carbons (Fsp3) is 0.158. The van der Waals surface area contributed by atoms with Crippen molar-refractivity contribution in [2.75, 3.05) is 24.5 Å². The van der Waals surface area contributed by atoms with Crippen LogP contribution in [0.5, 0.6) is 17.2 Å². The highest BCUT2D eigenvalue weighted by molar-refractivity contribution is 6.32. The number of carbonyl (C=O) groups excluding carboxylic acids is 2. The highest BCUT2D eigenvalue weighted by atomic mass is 35.5. The van der Waals surface area contributed by atoms with Crippen molar-refractivity contribution in [1.82, 2.24) is 0 Å². The van der Waals surface area contributed by atoms with Crippen molar-refractivity contribution in [3.63, 3.8) is 0 Å². The molecule has 0 fully saturated rings. The molecule has 2 aromatic carbocycles. The van der Waals surface area contributed by atoms with Crippen LogP contribution in [-0.4, -0.2) is 25.7 Å². The quantitative estimate of drug-likeness (QED) is 0.763. The third-order valence-electron chi connectivity index (χ3n) is 3.65. The standard InChI is InChI=1S/C19H17ClN2O5/c1-11(23)21-15-9-13(4-5-16(15)25-2)22-18(24)6-3-12-7-14(20)19-17(8-12)26-10-27-19/h3-9H,10H2,1-2H3,(H,21,23)(H,22,24)/b6-3+. The lowest BCUT2D eigenvalue weighted by Gasteiger charge is -2.11. The lowest BCUT2D eigenvalue weighted by atomic mass is 10.2. The molecule has 2 amide bonds. The number of carbonyl (C=O) groups is 2. The van der Waals surface area contributed by atoms with Crippen LogP contribution in [0.1, 0.15) is 12.5 Å². The Bertz CT molecular complexity index is 927. The molecule has 0 spiro atoms. The van der Waals surface area contributed by atoms with Gasteiger partial charge in [-0.25, -0.2) is 0 Å². The van der Waals surface area contributed by atoms with Gasteiger partial charge in [-0.3, -0.25) is 9.59 Å². The number of fused-ring (bicyclic) bond motifs is 1. The zero-order chi connectivity index (χ0) is 19.4. The van der Waals surface area contributed by atoms with E-state index in [1.807, 2.05) is 0 Å². The number of methoxy groups -OCH3 is 1. The predicted octanol–water partition coefficient (Wildman–Crippen LogP) is 3.69. The van der Waals surface area contributed by atoms with E-state index in [2.05, 4.69) is 10.6 Å². The van der Waals surface area contributed by atoms with Crippen LogP contribution in [0.4, 0.5) is 11.4 Å².